The summed E-state index contributed by atoms with van der Waals surface area (Å²) in [6, 6.07) is 12.9. The predicted octanol–water partition coefficient (Wildman–Crippen LogP) is 4.81. The number of hydrogen-bond acceptors (Lipinski definition) is 6. The maximum atomic E-state index is 14.2. The molecular formula is C21H14F3N7. The molecule has 2 aromatic carbocycles. The highest BCUT2D eigenvalue weighted by Crippen LogP contribution is 2.43. The Bertz CT molecular complexity index is 1390. The summed E-state index contributed by atoms with van der Waals surface area (Å²) in [5.41, 5.74) is 6.99. The van der Waals surface area contributed by atoms with Crippen LogP contribution >= 0.6 is 0 Å². The van der Waals surface area contributed by atoms with Gasteiger partial charge in [-0.05, 0) is 23.6 Å². The van der Waals surface area contributed by atoms with Gasteiger partial charge in [-0.3, -0.25) is 10.1 Å². The molecule has 0 spiro atoms. The van der Waals surface area contributed by atoms with E-state index in [2.05, 4.69) is 25.1 Å². The molecule has 0 aliphatic rings. The van der Waals surface area contributed by atoms with Gasteiger partial charge in [0.2, 0.25) is 5.95 Å². The molecule has 7 nitrogen and oxygen atoms in total. The molecule has 0 unspecified atom stereocenters. The summed E-state index contributed by atoms with van der Waals surface area (Å²) in [4.78, 5) is 12.9. The summed E-state index contributed by atoms with van der Waals surface area (Å²) in [5.74, 6) is -0.268. The SMILES string of the molecule is Nc1nc(-c2cccc3cnccc23)c2c(N(c3ccn[nH]3)C(F)(F)F)cccc2n1. The van der Waals surface area contributed by atoms with Crippen LogP contribution in [-0.2, 0) is 0 Å². The van der Waals surface area contributed by atoms with Crippen molar-refractivity contribution < 1.29 is 13.2 Å². The Morgan fingerprint density at radius 2 is 1.77 bits per heavy atom. The van der Waals surface area contributed by atoms with Gasteiger partial charge in [-0.2, -0.15) is 5.10 Å². The van der Waals surface area contributed by atoms with Gasteiger partial charge in [-0.25, -0.2) is 14.9 Å². The number of aromatic amines is 1. The van der Waals surface area contributed by atoms with Crippen LogP contribution in [0, 0.1) is 0 Å². The molecule has 31 heavy (non-hydrogen) atoms. The van der Waals surface area contributed by atoms with Crippen molar-refractivity contribution in [1.29, 1.82) is 0 Å². The second-order valence-corrected chi connectivity index (χ2v) is 6.75. The topological polar surface area (TPSA) is 96.6 Å². The number of rotatable bonds is 3. The number of nitrogens with two attached hydrogens (primary N) is 1. The van der Waals surface area contributed by atoms with Crippen LogP contribution in [0.25, 0.3) is 32.9 Å². The molecule has 3 N–H and O–H groups in total. The average molecular weight is 421 g/mol. The molecule has 0 atom stereocenters. The monoisotopic (exact) mass is 421 g/mol. The van der Waals surface area contributed by atoms with Gasteiger partial charge in [-0.1, -0.05) is 24.3 Å². The molecule has 0 amide bonds. The largest absolute Gasteiger partial charge is 0.490 e. The van der Waals surface area contributed by atoms with Crippen molar-refractivity contribution in [2.24, 2.45) is 0 Å². The average Bonchev–Trinajstić information content (AvgIpc) is 3.26. The number of nitrogens with one attached hydrogen (secondary N) is 1. The summed E-state index contributed by atoms with van der Waals surface area (Å²) in [7, 11) is 0. The fourth-order valence-electron chi connectivity index (χ4n) is 3.67. The maximum absolute atomic E-state index is 14.2. The van der Waals surface area contributed by atoms with Crippen molar-refractivity contribution in [2.45, 2.75) is 6.30 Å². The second kappa shape index (κ2) is 6.94. The first-order chi connectivity index (χ1) is 14.9. The van der Waals surface area contributed by atoms with Crippen LogP contribution in [0.2, 0.25) is 0 Å². The van der Waals surface area contributed by atoms with Crippen LogP contribution in [0.4, 0.5) is 30.6 Å². The van der Waals surface area contributed by atoms with Crippen LogP contribution in [-0.4, -0.2) is 31.4 Å². The van der Waals surface area contributed by atoms with Gasteiger partial charge in [0.1, 0.15) is 5.82 Å². The van der Waals surface area contributed by atoms with Crippen LogP contribution in [0.1, 0.15) is 0 Å². The highest BCUT2D eigenvalue weighted by Gasteiger charge is 2.41. The summed E-state index contributed by atoms with van der Waals surface area (Å²) in [6.45, 7) is 0. The van der Waals surface area contributed by atoms with Gasteiger partial charge in [0, 0.05) is 29.4 Å². The molecule has 0 aliphatic carbocycles. The minimum atomic E-state index is -4.73. The first kappa shape index (κ1) is 18.8. The number of alkyl halides is 3. The van der Waals surface area contributed by atoms with Crippen LogP contribution in [0.3, 0.4) is 0 Å². The van der Waals surface area contributed by atoms with E-state index in [0.29, 0.717) is 16.8 Å². The quantitative estimate of drug-likeness (QED) is 0.406. The molecule has 0 aliphatic heterocycles. The second-order valence-electron chi connectivity index (χ2n) is 6.75. The standard InChI is InChI=1S/C21H14F3N7/c22-21(23,24)31(17-8-10-27-30-17)16-6-2-5-15-18(16)19(29-20(25)28-15)14-4-1-3-12-11-26-9-7-13(12)14/h1-11H,(H,27,30)(H2,25,28,29). The lowest BCUT2D eigenvalue weighted by Crippen LogP contribution is -2.34. The van der Waals surface area contributed by atoms with Gasteiger partial charge in [0.15, 0.2) is 0 Å². The van der Waals surface area contributed by atoms with Crippen molar-refractivity contribution in [3.8, 4) is 11.3 Å². The Morgan fingerprint density at radius 1 is 0.935 bits per heavy atom. The first-order valence-electron chi connectivity index (χ1n) is 9.19. The first-order valence-corrected chi connectivity index (χ1v) is 9.19. The zero-order valence-electron chi connectivity index (χ0n) is 15.8. The van der Waals surface area contributed by atoms with Crippen molar-refractivity contribution >= 4 is 39.1 Å². The Morgan fingerprint density at radius 3 is 2.55 bits per heavy atom. The summed E-state index contributed by atoms with van der Waals surface area (Å²) >= 11 is 0. The zero-order chi connectivity index (χ0) is 21.6. The number of benzene rings is 2. The molecule has 0 fully saturated rings. The molecule has 10 heteroatoms. The number of fused-ring (bicyclic) bond motifs is 2. The minimum absolute atomic E-state index is 0.0363. The van der Waals surface area contributed by atoms with E-state index in [0.717, 1.165) is 10.8 Å². The third-order valence-corrected chi connectivity index (χ3v) is 4.88. The van der Waals surface area contributed by atoms with Crippen molar-refractivity contribution in [3.63, 3.8) is 0 Å². The van der Waals surface area contributed by atoms with E-state index < -0.39 is 6.30 Å². The number of pyridine rings is 1. The number of hydrogen-bond donors (Lipinski definition) is 2. The molecule has 3 aromatic heterocycles. The van der Waals surface area contributed by atoms with E-state index in [1.165, 1.54) is 24.4 Å². The minimum Gasteiger partial charge on any atom is -0.368 e. The van der Waals surface area contributed by atoms with E-state index in [9.17, 15) is 13.2 Å². The number of anilines is 3. The van der Waals surface area contributed by atoms with Gasteiger partial charge in [0.25, 0.3) is 0 Å². The molecule has 0 radical (unpaired) electrons. The van der Waals surface area contributed by atoms with Crippen LogP contribution < -0.4 is 10.6 Å². The molecular weight excluding hydrogens is 407 g/mol. The van der Waals surface area contributed by atoms with Crippen molar-refractivity contribution in [2.75, 3.05) is 10.6 Å². The highest BCUT2D eigenvalue weighted by molar-refractivity contribution is 6.08. The summed E-state index contributed by atoms with van der Waals surface area (Å²) in [6.07, 6.45) is -0.181. The molecule has 0 saturated heterocycles. The number of nitrogen functional groups attached to an aromatic ring is 1. The molecule has 0 bridgehead atoms. The highest BCUT2D eigenvalue weighted by atomic mass is 19.4. The number of nitrogens with zero attached hydrogens (tertiary/aromatic N) is 5. The van der Waals surface area contributed by atoms with Crippen LogP contribution in [0.15, 0.2) is 67.1 Å². The number of H-pyrrole nitrogens is 1. The molecule has 3 heterocycles. The predicted molar refractivity (Wildman–Crippen MR) is 111 cm³/mol. The fraction of sp³-hybridized carbons (Fsp3) is 0.0476. The maximum Gasteiger partial charge on any atom is 0.490 e. The lowest BCUT2D eigenvalue weighted by Gasteiger charge is -2.27. The van der Waals surface area contributed by atoms with Gasteiger partial charge in [-0.15, -0.1) is 13.2 Å². The third-order valence-electron chi connectivity index (χ3n) is 4.88. The number of halogens is 3. The lowest BCUT2D eigenvalue weighted by molar-refractivity contribution is -0.121. The smallest absolute Gasteiger partial charge is 0.368 e. The molecule has 5 aromatic rings. The third kappa shape index (κ3) is 3.18. The van der Waals surface area contributed by atoms with E-state index >= 15 is 0 Å². The van der Waals surface area contributed by atoms with Gasteiger partial charge >= 0.3 is 6.30 Å². The molecule has 0 saturated carbocycles. The lowest BCUT2D eigenvalue weighted by atomic mass is 9.99. The molecule has 154 valence electrons. The molecule has 5 rings (SSSR count). The zero-order valence-corrected chi connectivity index (χ0v) is 15.8. The van der Waals surface area contributed by atoms with E-state index in [4.69, 9.17) is 5.73 Å². The van der Waals surface area contributed by atoms with E-state index in [1.807, 2.05) is 6.07 Å². The Labute approximate surface area is 173 Å². The van der Waals surface area contributed by atoms with E-state index in [-0.39, 0.29) is 27.7 Å². The Hall–Kier alpha value is -4.21. The summed E-state index contributed by atoms with van der Waals surface area (Å²) in [5, 5.41) is 7.89. The Balaban J connectivity index is 1.89. The van der Waals surface area contributed by atoms with Crippen molar-refractivity contribution in [3.05, 3.63) is 67.1 Å². The van der Waals surface area contributed by atoms with Crippen molar-refractivity contribution in [1.82, 2.24) is 25.1 Å². The summed E-state index contributed by atoms with van der Waals surface area (Å²) < 4.78 is 42.5. The van der Waals surface area contributed by atoms with Crippen LogP contribution in [0.5, 0.6) is 0 Å². The normalized spacial score (nSPS) is 11.8. The number of aromatic nitrogens is 5. The fourth-order valence-corrected chi connectivity index (χ4v) is 3.67. The van der Waals surface area contributed by atoms with Gasteiger partial charge < -0.3 is 5.73 Å². The Kier molecular flexibility index (Phi) is 4.21. The van der Waals surface area contributed by atoms with E-state index in [1.54, 1.807) is 36.7 Å². The van der Waals surface area contributed by atoms with Gasteiger partial charge in [0.05, 0.1) is 28.5 Å².